The molecule has 0 atom stereocenters. The summed E-state index contributed by atoms with van der Waals surface area (Å²) in [4.78, 5) is 0. The van der Waals surface area contributed by atoms with E-state index in [-0.39, 0.29) is 0 Å². The number of nitrogens with zero attached hydrogens (tertiary/aromatic N) is 1. The molecular weight excluding hydrogens is 420 g/mol. The maximum absolute atomic E-state index is 5.10. The van der Waals surface area contributed by atoms with E-state index in [1.54, 1.807) is 0 Å². The summed E-state index contributed by atoms with van der Waals surface area (Å²) in [5.41, 5.74) is 10.8. The molecule has 0 fully saturated rings. The number of hydrogen-bond donors (Lipinski definition) is 1. The van der Waals surface area contributed by atoms with Crippen LogP contribution in [0.2, 0.25) is 0 Å². The van der Waals surface area contributed by atoms with Gasteiger partial charge in [-0.25, -0.2) is 0 Å². The molecule has 2 aromatic rings. The van der Waals surface area contributed by atoms with Crippen molar-refractivity contribution < 1.29 is 0 Å². The molecular formula is C30H44N2S. The number of hydrogen-bond acceptors (Lipinski definition) is 2. The topological polar surface area (TPSA) is 28.7 Å². The highest BCUT2D eigenvalue weighted by atomic mass is 32.1. The van der Waals surface area contributed by atoms with Gasteiger partial charge in [-0.3, -0.25) is 5.10 Å². The van der Waals surface area contributed by atoms with Gasteiger partial charge >= 0.3 is 0 Å². The summed E-state index contributed by atoms with van der Waals surface area (Å²) in [6.07, 6.45) is 6.88. The minimum atomic E-state index is 0.643. The number of rotatable bonds is 6. The zero-order valence-corrected chi connectivity index (χ0v) is 23.3. The van der Waals surface area contributed by atoms with E-state index in [1.807, 2.05) is 46.8 Å². The second kappa shape index (κ2) is 15.3. The first-order valence-corrected chi connectivity index (χ1v) is 12.2. The fourth-order valence-corrected chi connectivity index (χ4v) is 3.67. The van der Waals surface area contributed by atoms with Crippen LogP contribution in [0.3, 0.4) is 0 Å². The van der Waals surface area contributed by atoms with Gasteiger partial charge in [0.1, 0.15) is 4.64 Å². The molecule has 0 bridgehead atoms. The predicted octanol–water partition coefficient (Wildman–Crippen LogP) is 9.69. The van der Waals surface area contributed by atoms with Gasteiger partial charge in [-0.1, -0.05) is 89.0 Å². The van der Waals surface area contributed by atoms with Crippen LogP contribution in [0.4, 0.5) is 0 Å². The van der Waals surface area contributed by atoms with Gasteiger partial charge in [0.15, 0.2) is 0 Å². The second-order valence-electron chi connectivity index (χ2n) is 8.50. The van der Waals surface area contributed by atoms with E-state index in [0.29, 0.717) is 10.6 Å². The van der Waals surface area contributed by atoms with Crippen molar-refractivity contribution >= 4 is 17.8 Å². The third kappa shape index (κ3) is 10.3. The molecule has 3 heteroatoms. The number of aromatic nitrogens is 2. The first-order valence-electron chi connectivity index (χ1n) is 11.8. The van der Waals surface area contributed by atoms with Crippen molar-refractivity contribution in [3.63, 3.8) is 0 Å². The van der Waals surface area contributed by atoms with Crippen molar-refractivity contribution in [2.75, 3.05) is 0 Å². The average molecular weight is 465 g/mol. The minimum absolute atomic E-state index is 0.643. The zero-order valence-electron chi connectivity index (χ0n) is 22.5. The van der Waals surface area contributed by atoms with Gasteiger partial charge in [0.25, 0.3) is 0 Å². The Labute approximate surface area is 208 Å². The molecule has 1 N–H and O–H groups in total. The Balaban J connectivity index is 0.000000627. The quantitative estimate of drug-likeness (QED) is 0.340. The number of aromatic amines is 1. The third-order valence-corrected chi connectivity index (χ3v) is 5.58. The molecule has 1 aromatic heterocycles. The van der Waals surface area contributed by atoms with Crippen LogP contribution in [0, 0.1) is 32.3 Å². The van der Waals surface area contributed by atoms with Gasteiger partial charge in [-0.05, 0) is 98.9 Å². The van der Waals surface area contributed by atoms with E-state index >= 15 is 0 Å². The van der Waals surface area contributed by atoms with E-state index in [2.05, 4.69) is 82.3 Å². The lowest BCUT2D eigenvalue weighted by atomic mass is 9.91. The summed E-state index contributed by atoms with van der Waals surface area (Å²) in [5.74, 6) is 0.643. The van der Waals surface area contributed by atoms with Crippen LogP contribution in [0.5, 0.6) is 0 Å². The molecule has 0 radical (unpaired) electrons. The molecule has 1 aromatic carbocycles. The number of allylic oxidation sites excluding steroid dienone is 6. The van der Waals surface area contributed by atoms with Crippen molar-refractivity contribution in [2.45, 2.75) is 81.6 Å². The second-order valence-corrected chi connectivity index (χ2v) is 8.91. The molecule has 0 saturated carbocycles. The smallest absolute Gasteiger partial charge is 0.122 e. The molecule has 33 heavy (non-hydrogen) atoms. The molecule has 0 unspecified atom stereocenters. The number of H-pyrrole nitrogens is 1. The monoisotopic (exact) mass is 464 g/mol. The maximum atomic E-state index is 5.10. The van der Waals surface area contributed by atoms with Crippen LogP contribution in [-0.4, -0.2) is 10.2 Å². The number of benzene rings is 1. The van der Waals surface area contributed by atoms with Crippen molar-refractivity contribution in [3.8, 4) is 0 Å². The van der Waals surface area contributed by atoms with Gasteiger partial charge in [0.05, 0.1) is 5.69 Å². The Hall–Kier alpha value is -2.52. The van der Waals surface area contributed by atoms with Gasteiger partial charge in [0.2, 0.25) is 0 Å². The fraction of sp³-hybridized carbons (Fsp3) is 0.400. The lowest BCUT2D eigenvalue weighted by Crippen LogP contribution is -1.97. The minimum Gasteiger partial charge on any atom is -0.267 e. The van der Waals surface area contributed by atoms with Gasteiger partial charge in [0, 0.05) is 0 Å². The van der Waals surface area contributed by atoms with Crippen LogP contribution in [0.1, 0.15) is 87.4 Å². The Morgan fingerprint density at radius 3 is 2.09 bits per heavy atom. The Kier molecular flexibility index (Phi) is 14.2. The molecule has 0 amide bonds. The third-order valence-electron chi connectivity index (χ3n) is 5.16. The summed E-state index contributed by atoms with van der Waals surface area (Å²) in [5, 5.41) is 7.07. The maximum Gasteiger partial charge on any atom is 0.122 e. The molecule has 0 spiro atoms. The highest BCUT2D eigenvalue weighted by Gasteiger charge is 2.08. The summed E-state index contributed by atoms with van der Waals surface area (Å²) in [6, 6.07) is 6.39. The lowest BCUT2D eigenvalue weighted by Gasteiger charge is -2.15. The summed E-state index contributed by atoms with van der Waals surface area (Å²) in [7, 11) is 0. The Bertz CT molecular complexity index is 1050. The van der Waals surface area contributed by atoms with Crippen LogP contribution >= 0.6 is 12.2 Å². The van der Waals surface area contributed by atoms with E-state index in [0.717, 1.165) is 28.8 Å². The molecule has 2 rings (SSSR count). The summed E-state index contributed by atoms with van der Waals surface area (Å²) >= 11 is 5.10. The van der Waals surface area contributed by atoms with E-state index in [9.17, 15) is 0 Å². The lowest BCUT2D eigenvalue weighted by molar-refractivity contribution is 0.843. The highest BCUT2D eigenvalue weighted by Crippen LogP contribution is 2.25. The number of aryl methyl sites for hydroxylation is 3. The fourth-order valence-electron chi connectivity index (χ4n) is 3.57. The molecule has 0 aliphatic heterocycles. The SMILES string of the molecule is C=C(C)/C=C(\C=C/C)CC(=C)c1cc(C)c(=S)[nH]n1.CC.Cc1ccc(C)c(C(C)C)c1C. The normalized spacial score (nSPS) is 10.9. The van der Waals surface area contributed by atoms with E-state index < -0.39 is 0 Å². The molecule has 0 aliphatic rings. The van der Waals surface area contributed by atoms with Crippen molar-refractivity contribution in [2.24, 2.45) is 0 Å². The summed E-state index contributed by atoms with van der Waals surface area (Å²) in [6.45, 7) is 29.1. The first kappa shape index (κ1) is 30.5. The Morgan fingerprint density at radius 2 is 1.64 bits per heavy atom. The predicted molar refractivity (Wildman–Crippen MR) is 152 cm³/mol. The molecule has 1 heterocycles. The highest BCUT2D eigenvalue weighted by molar-refractivity contribution is 7.71. The van der Waals surface area contributed by atoms with Crippen molar-refractivity contribution in [1.82, 2.24) is 10.2 Å². The average Bonchev–Trinajstić information content (AvgIpc) is 2.74. The standard InChI is InChI=1S/C16H20N2S.C12H18.C2H6/c1-6-7-14(8-11(2)3)9-12(4)15-10-13(5)16(19)18-17-15;1-8(2)12-10(4)7-6-9(3)11(12)5;1-2/h6-8,10H,2,4,9H2,1,3,5H3,(H,18,19);6-8H,1-5H3;1-2H3/b7-6-,14-8+;;. The van der Waals surface area contributed by atoms with Gasteiger partial charge < -0.3 is 0 Å². The largest absolute Gasteiger partial charge is 0.267 e. The van der Waals surface area contributed by atoms with Crippen LogP contribution < -0.4 is 0 Å². The van der Waals surface area contributed by atoms with E-state index in [4.69, 9.17) is 12.2 Å². The zero-order chi connectivity index (χ0) is 25.7. The van der Waals surface area contributed by atoms with Crippen LogP contribution in [0.15, 0.2) is 60.7 Å². The van der Waals surface area contributed by atoms with Crippen molar-refractivity contribution in [3.05, 3.63) is 98.9 Å². The molecule has 180 valence electrons. The summed E-state index contributed by atoms with van der Waals surface area (Å²) < 4.78 is 0.669. The van der Waals surface area contributed by atoms with E-state index in [1.165, 1.54) is 27.8 Å². The number of nitrogens with one attached hydrogen (secondary N) is 1. The van der Waals surface area contributed by atoms with Crippen molar-refractivity contribution in [1.29, 1.82) is 0 Å². The first-order chi connectivity index (χ1) is 15.5. The van der Waals surface area contributed by atoms with Gasteiger partial charge in [-0.15, -0.1) is 0 Å². The molecule has 0 saturated heterocycles. The Morgan fingerprint density at radius 1 is 1.06 bits per heavy atom. The van der Waals surface area contributed by atoms with Crippen LogP contribution in [0.25, 0.3) is 5.57 Å². The molecule has 0 aliphatic carbocycles. The van der Waals surface area contributed by atoms with Crippen LogP contribution in [-0.2, 0) is 0 Å². The van der Waals surface area contributed by atoms with Gasteiger partial charge in [-0.2, -0.15) is 5.10 Å². The molecule has 2 nitrogen and oxygen atoms in total.